The number of likely N-dealkylation sites (tertiary alicyclic amines) is 1. The predicted molar refractivity (Wildman–Crippen MR) is 140 cm³/mol. The van der Waals surface area contributed by atoms with Crippen molar-refractivity contribution in [2.75, 3.05) is 45.7 Å². The van der Waals surface area contributed by atoms with Crippen LogP contribution in [0.15, 0.2) is 54.6 Å². The number of piperidine rings is 1. The number of ether oxygens (including phenoxy) is 1. The Balaban J connectivity index is 1.58. The fraction of sp³-hybridized carbons (Fsp3) is 0.500. The summed E-state index contributed by atoms with van der Waals surface area (Å²) < 4.78 is 5.37. The molecule has 2 fully saturated rings. The largest absolute Gasteiger partial charge is 0.497 e. The Morgan fingerprint density at radius 1 is 1.11 bits per heavy atom. The van der Waals surface area contributed by atoms with Gasteiger partial charge in [0.15, 0.2) is 0 Å². The van der Waals surface area contributed by atoms with Gasteiger partial charge in [-0.1, -0.05) is 36.4 Å². The fourth-order valence-electron chi connectivity index (χ4n) is 5.64. The lowest BCUT2D eigenvalue weighted by molar-refractivity contribution is -0.135. The minimum Gasteiger partial charge on any atom is -0.497 e. The van der Waals surface area contributed by atoms with Gasteiger partial charge < -0.3 is 25.0 Å². The lowest BCUT2D eigenvalue weighted by atomic mass is 9.89. The number of hydrogen-bond donors (Lipinski definition) is 2. The van der Waals surface area contributed by atoms with Gasteiger partial charge in [0.2, 0.25) is 11.8 Å². The molecule has 2 aliphatic heterocycles. The number of likely N-dealkylation sites (N-methyl/N-ethyl adjacent to an activating group) is 1. The second-order valence-electron chi connectivity index (χ2n) is 10.2. The Morgan fingerprint density at radius 3 is 2.42 bits per heavy atom. The third kappa shape index (κ3) is 5.65. The van der Waals surface area contributed by atoms with Crippen LogP contribution >= 0.6 is 0 Å². The van der Waals surface area contributed by atoms with Crippen LogP contribution in [0.25, 0.3) is 0 Å². The number of aliphatic hydroxyl groups is 1. The topological polar surface area (TPSA) is 85.3 Å². The van der Waals surface area contributed by atoms with Crippen LogP contribution in [0.2, 0.25) is 0 Å². The van der Waals surface area contributed by atoms with Crippen molar-refractivity contribution in [2.24, 2.45) is 0 Å². The smallest absolute Gasteiger partial charge is 0.239 e. The Labute approximate surface area is 213 Å². The van der Waals surface area contributed by atoms with E-state index in [9.17, 15) is 14.7 Å². The minimum absolute atomic E-state index is 0.0128. The third-order valence-corrected chi connectivity index (χ3v) is 7.46. The predicted octanol–water partition coefficient (Wildman–Crippen LogP) is 2.44. The Morgan fingerprint density at radius 2 is 1.81 bits per heavy atom. The molecule has 0 aliphatic carbocycles. The number of methoxy groups -OCH3 is 1. The Bertz CT molecular complexity index is 1050. The first-order valence-electron chi connectivity index (χ1n) is 12.6. The summed E-state index contributed by atoms with van der Waals surface area (Å²) in [6.45, 7) is 3.28. The zero-order valence-electron chi connectivity index (χ0n) is 21.7. The van der Waals surface area contributed by atoms with E-state index in [0.717, 1.165) is 17.0 Å². The monoisotopic (exact) mass is 494 g/mol. The summed E-state index contributed by atoms with van der Waals surface area (Å²) in [5.41, 5.74) is 1.16. The van der Waals surface area contributed by atoms with Crippen molar-refractivity contribution < 1.29 is 19.4 Å². The first-order chi connectivity index (χ1) is 17.2. The molecule has 2 aliphatic rings. The summed E-state index contributed by atoms with van der Waals surface area (Å²) in [4.78, 5) is 31.3. The molecule has 0 saturated carbocycles. The van der Waals surface area contributed by atoms with Crippen LogP contribution in [-0.2, 0) is 9.59 Å². The maximum absolute atomic E-state index is 13.3. The minimum atomic E-state index is -0.946. The van der Waals surface area contributed by atoms with E-state index in [4.69, 9.17) is 4.74 Å². The summed E-state index contributed by atoms with van der Waals surface area (Å²) in [5.74, 6) is 0.676. The number of nitrogens with zero attached hydrogens (tertiary/aromatic N) is 3. The van der Waals surface area contributed by atoms with E-state index in [0.29, 0.717) is 38.9 Å². The van der Waals surface area contributed by atoms with Crippen molar-refractivity contribution in [2.45, 2.75) is 49.9 Å². The first-order valence-corrected chi connectivity index (χ1v) is 12.6. The van der Waals surface area contributed by atoms with Crippen LogP contribution in [-0.4, -0.2) is 85.2 Å². The van der Waals surface area contributed by atoms with Crippen LogP contribution < -0.4 is 15.0 Å². The van der Waals surface area contributed by atoms with Crippen molar-refractivity contribution in [1.29, 1.82) is 0 Å². The van der Waals surface area contributed by atoms with Gasteiger partial charge in [-0.05, 0) is 37.0 Å². The van der Waals surface area contributed by atoms with Gasteiger partial charge in [-0.25, -0.2) is 0 Å². The lowest BCUT2D eigenvalue weighted by Gasteiger charge is -2.44. The molecule has 2 aromatic carbocycles. The molecule has 0 radical (unpaired) electrons. The summed E-state index contributed by atoms with van der Waals surface area (Å²) in [6, 6.07) is 17.1. The lowest BCUT2D eigenvalue weighted by Crippen LogP contribution is -2.54. The van der Waals surface area contributed by atoms with E-state index in [1.54, 1.807) is 26.1 Å². The summed E-state index contributed by atoms with van der Waals surface area (Å²) in [6.07, 6.45) is 1.66. The highest BCUT2D eigenvalue weighted by atomic mass is 16.5. The number of nitrogens with one attached hydrogen (secondary N) is 1. The maximum Gasteiger partial charge on any atom is 0.239 e. The van der Waals surface area contributed by atoms with E-state index >= 15 is 0 Å². The van der Waals surface area contributed by atoms with Crippen molar-refractivity contribution in [3.05, 3.63) is 60.2 Å². The Hall–Kier alpha value is -3.10. The van der Waals surface area contributed by atoms with Gasteiger partial charge in [-0.15, -0.1) is 0 Å². The summed E-state index contributed by atoms with van der Waals surface area (Å²) in [5, 5.41) is 14.8. The van der Waals surface area contributed by atoms with E-state index in [1.807, 2.05) is 48.5 Å². The molecule has 8 nitrogen and oxygen atoms in total. The highest BCUT2D eigenvalue weighted by molar-refractivity contribution is 5.82. The summed E-state index contributed by atoms with van der Waals surface area (Å²) in [7, 11) is 5.17. The number of carbonyl (C=O) groups excluding carboxylic acids is 2. The van der Waals surface area contributed by atoms with E-state index in [-0.39, 0.29) is 23.9 Å². The molecular formula is C28H38N4O4. The summed E-state index contributed by atoms with van der Waals surface area (Å²) >= 11 is 0. The maximum atomic E-state index is 13.3. The molecule has 0 unspecified atom stereocenters. The van der Waals surface area contributed by atoms with Gasteiger partial charge in [0.1, 0.15) is 5.75 Å². The zero-order chi connectivity index (χ0) is 25.9. The van der Waals surface area contributed by atoms with Crippen molar-refractivity contribution >= 4 is 17.5 Å². The number of rotatable bonds is 7. The number of carbonyl (C=O) groups is 2. The number of benzene rings is 2. The van der Waals surface area contributed by atoms with E-state index < -0.39 is 11.6 Å². The molecule has 2 N–H and O–H groups in total. The molecule has 2 aromatic rings. The van der Waals surface area contributed by atoms with E-state index in [2.05, 4.69) is 21.2 Å². The SMILES string of the molecule is COc1cccc(N2CCC(O)(CN3[C@H](C(=O)N(C)C)C[C@H](NC(C)=O)[C@@H]3c3ccccc3)CC2)c1. The normalized spacial score (nSPS) is 23.8. The van der Waals surface area contributed by atoms with Gasteiger partial charge in [0.05, 0.1) is 30.8 Å². The molecule has 2 amide bonds. The molecule has 0 bridgehead atoms. The molecule has 194 valence electrons. The third-order valence-electron chi connectivity index (χ3n) is 7.46. The van der Waals surface area contributed by atoms with Gasteiger partial charge in [0, 0.05) is 52.4 Å². The second-order valence-corrected chi connectivity index (χ2v) is 10.2. The second kappa shape index (κ2) is 10.9. The number of hydrogen-bond acceptors (Lipinski definition) is 6. The first kappa shape index (κ1) is 26.0. The van der Waals surface area contributed by atoms with Crippen LogP contribution in [0.1, 0.15) is 37.8 Å². The molecule has 0 spiro atoms. The van der Waals surface area contributed by atoms with Gasteiger partial charge >= 0.3 is 0 Å². The van der Waals surface area contributed by atoms with Crippen LogP contribution in [0.4, 0.5) is 5.69 Å². The molecular weight excluding hydrogens is 456 g/mol. The van der Waals surface area contributed by atoms with Crippen LogP contribution in [0.5, 0.6) is 5.75 Å². The van der Waals surface area contributed by atoms with Crippen LogP contribution in [0, 0.1) is 0 Å². The molecule has 3 atom stereocenters. The Kier molecular flexibility index (Phi) is 7.85. The molecule has 8 heteroatoms. The van der Waals surface area contributed by atoms with Crippen molar-refractivity contribution in [1.82, 2.24) is 15.1 Å². The number of anilines is 1. The highest BCUT2D eigenvalue weighted by Gasteiger charge is 2.49. The number of amides is 2. The quantitative estimate of drug-likeness (QED) is 0.615. The molecule has 36 heavy (non-hydrogen) atoms. The average molecular weight is 495 g/mol. The number of β-amino-alcohol motifs (C(OH)–C–C–N with tert-alkyl or cyclic N) is 1. The van der Waals surface area contributed by atoms with Gasteiger partial charge in [0.25, 0.3) is 0 Å². The van der Waals surface area contributed by atoms with Crippen LogP contribution in [0.3, 0.4) is 0 Å². The average Bonchev–Trinajstić information content (AvgIpc) is 3.20. The molecule has 2 heterocycles. The van der Waals surface area contributed by atoms with Gasteiger partial charge in [-0.3, -0.25) is 14.5 Å². The molecule has 4 rings (SSSR count). The molecule has 2 saturated heterocycles. The van der Waals surface area contributed by atoms with E-state index in [1.165, 1.54) is 6.92 Å². The van der Waals surface area contributed by atoms with Crippen molar-refractivity contribution in [3.8, 4) is 5.75 Å². The molecule has 0 aromatic heterocycles. The fourth-order valence-corrected chi connectivity index (χ4v) is 5.64. The van der Waals surface area contributed by atoms with Gasteiger partial charge in [-0.2, -0.15) is 0 Å². The standard InChI is InChI=1S/C28H38N4O4/c1-20(33)29-24-18-25(27(34)30(2)3)32(26(24)21-9-6-5-7-10-21)19-28(35)13-15-31(16-14-28)22-11-8-12-23(17-22)36-4/h5-12,17,24-26,35H,13-16,18-19H2,1-4H3,(H,29,33)/t24-,25-,26-/m0/s1. The van der Waals surface area contributed by atoms with Crippen molar-refractivity contribution in [3.63, 3.8) is 0 Å². The zero-order valence-corrected chi connectivity index (χ0v) is 21.7. The highest BCUT2D eigenvalue weighted by Crippen LogP contribution is 2.40.